The van der Waals surface area contributed by atoms with Gasteiger partial charge >= 0.3 is 6.61 Å². The van der Waals surface area contributed by atoms with Gasteiger partial charge in [-0.1, -0.05) is 12.1 Å². The summed E-state index contributed by atoms with van der Waals surface area (Å²) in [5, 5.41) is 7.57. The van der Waals surface area contributed by atoms with Crippen molar-refractivity contribution in [1.29, 1.82) is 0 Å². The van der Waals surface area contributed by atoms with Crippen molar-refractivity contribution in [2.24, 2.45) is 0 Å². The predicted molar refractivity (Wildman–Crippen MR) is 77.5 cm³/mol. The van der Waals surface area contributed by atoms with Crippen LogP contribution in [-0.4, -0.2) is 13.2 Å². The summed E-state index contributed by atoms with van der Waals surface area (Å²) in [4.78, 5) is 0. The van der Waals surface area contributed by atoms with E-state index in [1.807, 2.05) is 13.0 Å². The van der Waals surface area contributed by atoms with Crippen LogP contribution >= 0.6 is 11.3 Å². The van der Waals surface area contributed by atoms with E-state index in [9.17, 15) is 8.78 Å². The van der Waals surface area contributed by atoms with E-state index < -0.39 is 6.61 Å². The van der Waals surface area contributed by atoms with Crippen LogP contribution in [0.4, 0.5) is 8.78 Å². The SMILES string of the molecule is CC(NCCc1ccsc1)c1cccc(OC(F)F)c1. The van der Waals surface area contributed by atoms with Gasteiger partial charge in [0.15, 0.2) is 0 Å². The van der Waals surface area contributed by atoms with Crippen LogP contribution in [0.15, 0.2) is 41.1 Å². The average Bonchev–Trinajstić information content (AvgIpc) is 2.91. The van der Waals surface area contributed by atoms with Crippen molar-refractivity contribution in [2.75, 3.05) is 6.54 Å². The first-order valence-corrected chi connectivity index (χ1v) is 7.38. The molecule has 2 aromatic rings. The summed E-state index contributed by atoms with van der Waals surface area (Å²) in [5.74, 6) is 0.198. The molecule has 2 nitrogen and oxygen atoms in total. The van der Waals surface area contributed by atoms with Gasteiger partial charge in [-0.25, -0.2) is 0 Å². The Balaban J connectivity index is 1.86. The number of ether oxygens (including phenoxy) is 1. The highest BCUT2D eigenvalue weighted by molar-refractivity contribution is 7.07. The second-order valence-corrected chi connectivity index (χ2v) is 5.29. The van der Waals surface area contributed by atoms with E-state index in [1.165, 1.54) is 11.6 Å². The zero-order chi connectivity index (χ0) is 14.4. The Labute approximate surface area is 121 Å². The number of rotatable bonds is 7. The number of halogens is 2. The minimum atomic E-state index is -2.79. The number of hydrogen-bond acceptors (Lipinski definition) is 3. The van der Waals surface area contributed by atoms with Crippen molar-refractivity contribution >= 4 is 11.3 Å². The van der Waals surface area contributed by atoms with E-state index >= 15 is 0 Å². The van der Waals surface area contributed by atoms with E-state index in [4.69, 9.17) is 0 Å². The van der Waals surface area contributed by atoms with Gasteiger partial charge in [0.1, 0.15) is 5.75 Å². The van der Waals surface area contributed by atoms with E-state index in [2.05, 4.69) is 26.9 Å². The molecule has 1 atom stereocenters. The Morgan fingerprint density at radius 2 is 2.15 bits per heavy atom. The van der Waals surface area contributed by atoms with E-state index in [-0.39, 0.29) is 11.8 Å². The Bertz CT molecular complexity index is 516. The standard InChI is InChI=1S/C15H17F2NOS/c1-11(18-7-5-12-6-8-20-10-12)13-3-2-4-14(9-13)19-15(16)17/h2-4,6,8-11,15,18H,5,7H2,1H3. The normalized spacial score (nSPS) is 12.6. The number of hydrogen-bond donors (Lipinski definition) is 1. The summed E-state index contributed by atoms with van der Waals surface area (Å²) in [6.07, 6.45) is 0.959. The summed E-state index contributed by atoms with van der Waals surface area (Å²) in [6, 6.07) is 9.01. The summed E-state index contributed by atoms with van der Waals surface area (Å²) in [5.41, 5.74) is 2.25. The largest absolute Gasteiger partial charge is 0.435 e. The first-order valence-electron chi connectivity index (χ1n) is 6.44. The molecule has 1 unspecified atom stereocenters. The van der Waals surface area contributed by atoms with Crippen molar-refractivity contribution in [3.63, 3.8) is 0 Å². The zero-order valence-electron chi connectivity index (χ0n) is 11.2. The van der Waals surface area contributed by atoms with Crippen LogP contribution in [0.25, 0.3) is 0 Å². The maximum atomic E-state index is 12.2. The lowest BCUT2D eigenvalue weighted by Gasteiger charge is -2.15. The number of thiophene rings is 1. The fourth-order valence-corrected chi connectivity index (χ4v) is 2.65. The number of alkyl halides is 2. The van der Waals surface area contributed by atoms with Crippen LogP contribution in [-0.2, 0) is 6.42 Å². The van der Waals surface area contributed by atoms with Gasteiger partial charge in [0.2, 0.25) is 0 Å². The van der Waals surface area contributed by atoms with Crippen LogP contribution in [0.3, 0.4) is 0 Å². The Morgan fingerprint density at radius 1 is 1.30 bits per heavy atom. The first-order chi connectivity index (χ1) is 9.65. The molecule has 2 rings (SSSR count). The third kappa shape index (κ3) is 4.58. The summed E-state index contributed by atoms with van der Waals surface area (Å²) in [6.45, 7) is 0.0690. The molecule has 1 N–H and O–H groups in total. The summed E-state index contributed by atoms with van der Waals surface area (Å²) in [7, 11) is 0. The van der Waals surface area contributed by atoms with E-state index in [0.717, 1.165) is 18.5 Å². The molecule has 0 fully saturated rings. The molecule has 0 radical (unpaired) electrons. The Morgan fingerprint density at radius 3 is 2.85 bits per heavy atom. The fraction of sp³-hybridized carbons (Fsp3) is 0.333. The molecule has 1 heterocycles. The van der Waals surface area contributed by atoms with Gasteiger partial charge in [0.05, 0.1) is 0 Å². The molecule has 108 valence electrons. The highest BCUT2D eigenvalue weighted by Crippen LogP contribution is 2.20. The summed E-state index contributed by atoms with van der Waals surface area (Å²) < 4.78 is 28.8. The molecule has 5 heteroatoms. The Hall–Kier alpha value is -1.46. The van der Waals surface area contributed by atoms with Crippen LogP contribution in [0.5, 0.6) is 5.75 Å². The molecular weight excluding hydrogens is 280 g/mol. The zero-order valence-corrected chi connectivity index (χ0v) is 12.0. The lowest BCUT2D eigenvalue weighted by molar-refractivity contribution is -0.0499. The van der Waals surface area contributed by atoms with Crippen molar-refractivity contribution in [3.8, 4) is 5.75 Å². The fourth-order valence-electron chi connectivity index (χ4n) is 1.95. The molecular formula is C15H17F2NOS. The van der Waals surface area contributed by atoms with Gasteiger partial charge in [0, 0.05) is 6.04 Å². The predicted octanol–water partition coefficient (Wildman–Crippen LogP) is 4.24. The highest BCUT2D eigenvalue weighted by Gasteiger charge is 2.08. The number of nitrogens with one attached hydrogen (secondary N) is 1. The molecule has 0 aliphatic carbocycles. The smallest absolute Gasteiger partial charge is 0.387 e. The molecule has 0 spiro atoms. The van der Waals surface area contributed by atoms with Crippen LogP contribution in [0.1, 0.15) is 24.1 Å². The average molecular weight is 297 g/mol. The van der Waals surface area contributed by atoms with Gasteiger partial charge in [-0.2, -0.15) is 20.1 Å². The van der Waals surface area contributed by atoms with Gasteiger partial charge in [-0.15, -0.1) is 0 Å². The molecule has 0 saturated carbocycles. The van der Waals surface area contributed by atoms with Crippen LogP contribution in [0, 0.1) is 0 Å². The minimum absolute atomic E-state index is 0.0925. The molecule has 1 aromatic heterocycles. The van der Waals surface area contributed by atoms with Crippen molar-refractivity contribution < 1.29 is 13.5 Å². The number of benzene rings is 1. The Kier molecular flexibility index (Phi) is 5.49. The van der Waals surface area contributed by atoms with Gasteiger partial charge in [-0.3, -0.25) is 0 Å². The van der Waals surface area contributed by atoms with E-state index in [1.54, 1.807) is 23.5 Å². The van der Waals surface area contributed by atoms with Gasteiger partial charge < -0.3 is 10.1 Å². The molecule has 20 heavy (non-hydrogen) atoms. The van der Waals surface area contributed by atoms with Crippen LogP contribution < -0.4 is 10.1 Å². The second-order valence-electron chi connectivity index (χ2n) is 4.51. The van der Waals surface area contributed by atoms with Gasteiger partial charge in [0.25, 0.3) is 0 Å². The topological polar surface area (TPSA) is 21.3 Å². The maximum Gasteiger partial charge on any atom is 0.387 e. The lowest BCUT2D eigenvalue weighted by atomic mass is 10.1. The lowest BCUT2D eigenvalue weighted by Crippen LogP contribution is -2.21. The van der Waals surface area contributed by atoms with Crippen molar-refractivity contribution in [2.45, 2.75) is 26.0 Å². The minimum Gasteiger partial charge on any atom is -0.435 e. The molecule has 0 aliphatic rings. The third-order valence-electron chi connectivity index (χ3n) is 3.03. The molecule has 0 saturated heterocycles. The highest BCUT2D eigenvalue weighted by atomic mass is 32.1. The van der Waals surface area contributed by atoms with Crippen LogP contribution in [0.2, 0.25) is 0 Å². The molecule has 0 aliphatic heterocycles. The second kappa shape index (κ2) is 7.36. The molecule has 1 aromatic carbocycles. The van der Waals surface area contributed by atoms with Crippen molar-refractivity contribution in [3.05, 3.63) is 52.2 Å². The summed E-state index contributed by atoms with van der Waals surface area (Å²) >= 11 is 1.69. The third-order valence-corrected chi connectivity index (χ3v) is 3.76. The van der Waals surface area contributed by atoms with Crippen molar-refractivity contribution in [1.82, 2.24) is 5.32 Å². The quantitative estimate of drug-likeness (QED) is 0.825. The monoisotopic (exact) mass is 297 g/mol. The van der Waals surface area contributed by atoms with E-state index in [0.29, 0.717) is 0 Å². The molecule has 0 amide bonds. The first kappa shape index (κ1) is 14.9. The maximum absolute atomic E-state index is 12.2. The molecule has 0 bridgehead atoms. The van der Waals surface area contributed by atoms with Gasteiger partial charge in [-0.05, 0) is 60.0 Å².